The van der Waals surface area contributed by atoms with Gasteiger partial charge >= 0.3 is 6.36 Å². The largest absolute Gasteiger partial charge is 0.573 e. The molecule has 0 bridgehead atoms. The summed E-state index contributed by atoms with van der Waals surface area (Å²) in [7, 11) is 0. The molecule has 0 aliphatic heterocycles. The van der Waals surface area contributed by atoms with E-state index in [1.54, 1.807) is 6.07 Å². The van der Waals surface area contributed by atoms with Gasteiger partial charge in [0.15, 0.2) is 12.4 Å². The molecule has 1 aromatic heterocycles. The summed E-state index contributed by atoms with van der Waals surface area (Å²) < 4.78 is 50.2. The molecular weight excluding hydrogens is 357 g/mol. The van der Waals surface area contributed by atoms with Crippen LogP contribution in [0.4, 0.5) is 13.2 Å². The van der Waals surface area contributed by atoms with Crippen LogP contribution in [0.1, 0.15) is 10.6 Å². The first-order chi connectivity index (χ1) is 9.85. The van der Waals surface area contributed by atoms with E-state index in [-0.39, 0.29) is 28.4 Å². The number of Topliss-reactive ketones (excluding diaryl/α,β-unsaturated/α-hetero) is 1. The molecule has 0 spiro atoms. The van der Waals surface area contributed by atoms with Crippen LogP contribution in [0.2, 0.25) is 0 Å². The lowest BCUT2D eigenvalue weighted by atomic mass is 10.3. The molecular formula is C13H8BrF3O4. The topological polar surface area (TPSA) is 48.7 Å². The van der Waals surface area contributed by atoms with E-state index in [1.165, 1.54) is 24.5 Å². The predicted octanol–water partition coefficient (Wildman–Crippen LogP) is 4.20. The van der Waals surface area contributed by atoms with E-state index >= 15 is 0 Å². The lowest BCUT2D eigenvalue weighted by Gasteiger charge is -2.11. The number of carbonyl (C=O) groups is 1. The summed E-state index contributed by atoms with van der Waals surface area (Å²) in [4.78, 5) is 11.6. The van der Waals surface area contributed by atoms with E-state index in [4.69, 9.17) is 9.15 Å². The van der Waals surface area contributed by atoms with Gasteiger partial charge in [0.25, 0.3) is 0 Å². The average molecular weight is 365 g/mol. The number of ether oxygens (including phenoxy) is 2. The molecule has 0 fully saturated rings. The number of halogens is 4. The van der Waals surface area contributed by atoms with E-state index < -0.39 is 12.1 Å². The highest BCUT2D eigenvalue weighted by molar-refractivity contribution is 9.10. The van der Waals surface area contributed by atoms with Crippen LogP contribution >= 0.6 is 15.9 Å². The van der Waals surface area contributed by atoms with Crippen LogP contribution in [-0.2, 0) is 0 Å². The van der Waals surface area contributed by atoms with Gasteiger partial charge < -0.3 is 13.9 Å². The van der Waals surface area contributed by atoms with Gasteiger partial charge in [-0.25, -0.2) is 0 Å². The minimum atomic E-state index is -4.78. The number of alkyl halides is 3. The maximum absolute atomic E-state index is 12.1. The van der Waals surface area contributed by atoms with Gasteiger partial charge in [0.05, 0.1) is 10.7 Å². The standard InChI is InChI=1S/C13H8BrF3O4/c14-9-6-8(3-4-11(9)21-13(15,16)17)20-7-10(18)12-2-1-5-19-12/h1-6H,7H2. The second-order valence-corrected chi connectivity index (χ2v) is 4.68. The van der Waals surface area contributed by atoms with Gasteiger partial charge in [0.2, 0.25) is 5.78 Å². The molecule has 0 N–H and O–H groups in total. The monoisotopic (exact) mass is 364 g/mol. The Hall–Kier alpha value is -1.96. The predicted molar refractivity (Wildman–Crippen MR) is 69.4 cm³/mol. The van der Waals surface area contributed by atoms with Crippen molar-refractivity contribution >= 4 is 21.7 Å². The van der Waals surface area contributed by atoms with Crippen molar-refractivity contribution in [3.8, 4) is 11.5 Å². The van der Waals surface area contributed by atoms with Crippen LogP contribution in [0.5, 0.6) is 11.5 Å². The minimum absolute atomic E-state index is 0.0581. The highest BCUT2D eigenvalue weighted by Crippen LogP contribution is 2.33. The van der Waals surface area contributed by atoms with Gasteiger partial charge in [0.1, 0.15) is 11.5 Å². The van der Waals surface area contributed by atoms with E-state index in [0.29, 0.717) is 0 Å². The van der Waals surface area contributed by atoms with Crippen molar-refractivity contribution in [2.24, 2.45) is 0 Å². The fraction of sp³-hybridized carbons (Fsp3) is 0.154. The Balaban J connectivity index is 1.99. The summed E-state index contributed by atoms with van der Waals surface area (Å²) >= 11 is 2.94. The smallest absolute Gasteiger partial charge is 0.485 e. The summed E-state index contributed by atoms with van der Waals surface area (Å²) in [5, 5.41) is 0. The van der Waals surface area contributed by atoms with Crippen LogP contribution < -0.4 is 9.47 Å². The molecule has 0 saturated carbocycles. The number of carbonyl (C=O) groups excluding carboxylic acids is 1. The van der Waals surface area contributed by atoms with Crippen LogP contribution in [0.25, 0.3) is 0 Å². The molecule has 1 heterocycles. The van der Waals surface area contributed by atoms with Crippen molar-refractivity contribution in [3.05, 3.63) is 46.8 Å². The van der Waals surface area contributed by atoms with Crippen LogP contribution in [-0.4, -0.2) is 18.8 Å². The Bertz CT molecular complexity index is 623. The van der Waals surface area contributed by atoms with Crippen molar-refractivity contribution < 1.29 is 31.9 Å². The maximum Gasteiger partial charge on any atom is 0.573 e. The molecule has 4 nitrogen and oxygen atoms in total. The normalized spacial score (nSPS) is 11.2. The Labute approximate surface area is 125 Å². The first-order valence-electron chi connectivity index (χ1n) is 5.60. The minimum Gasteiger partial charge on any atom is -0.485 e. The molecule has 1 aromatic carbocycles. The molecule has 0 atom stereocenters. The summed E-state index contributed by atoms with van der Waals surface area (Å²) in [6, 6.07) is 6.68. The SMILES string of the molecule is O=C(COc1ccc(OC(F)(F)F)c(Br)c1)c1ccco1. The highest BCUT2D eigenvalue weighted by atomic mass is 79.9. The first-order valence-corrected chi connectivity index (χ1v) is 6.39. The molecule has 0 amide bonds. The number of furan rings is 1. The van der Waals surface area contributed by atoms with Crippen molar-refractivity contribution in [3.63, 3.8) is 0 Å². The van der Waals surface area contributed by atoms with E-state index in [2.05, 4.69) is 20.7 Å². The molecule has 0 saturated heterocycles. The second kappa shape index (κ2) is 6.21. The van der Waals surface area contributed by atoms with Gasteiger partial charge in [0, 0.05) is 0 Å². The Morgan fingerprint density at radius 3 is 2.62 bits per heavy atom. The summed E-state index contributed by atoms with van der Waals surface area (Å²) in [6.07, 6.45) is -3.42. The lowest BCUT2D eigenvalue weighted by molar-refractivity contribution is -0.274. The molecule has 21 heavy (non-hydrogen) atoms. The molecule has 2 aromatic rings. The Morgan fingerprint density at radius 1 is 1.29 bits per heavy atom. The third kappa shape index (κ3) is 4.52. The Morgan fingerprint density at radius 2 is 2.05 bits per heavy atom. The van der Waals surface area contributed by atoms with Gasteiger partial charge in [-0.3, -0.25) is 4.79 Å². The third-order valence-electron chi connectivity index (χ3n) is 2.29. The number of hydrogen-bond acceptors (Lipinski definition) is 4. The summed E-state index contributed by atoms with van der Waals surface area (Å²) in [5.74, 6) is -0.415. The number of benzene rings is 1. The van der Waals surface area contributed by atoms with E-state index in [9.17, 15) is 18.0 Å². The van der Waals surface area contributed by atoms with Crippen molar-refractivity contribution in [2.45, 2.75) is 6.36 Å². The number of ketones is 1. The van der Waals surface area contributed by atoms with Crippen molar-refractivity contribution in [1.29, 1.82) is 0 Å². The number of rotatable bonds is 5. The lowest BCUT2D eigenvalue weighted by Crippen LogP contribution is -2.17. The van der Waals surface area contributed by atoms with Crippen molar-refractivity contribution in [1.82, 2.24) is 0 Å². The highest BCUT2D eigenvalue weighted by Gasteiger charge is 2.32. The molecule has 0 aliphatic carbocycles. The summed E-state index contributed by atoms with van der Waals surface area (Å²) in [5.41, 5.74) is 0. The van der Waals surface area contributed by atoms with Gasteiger partial charge in [-0.1, -0.05) is 0 Å². The molecule has 8 heteroatoms. The zero-order valence-corrected chi connectivity index (χ0v) is 11.9. The molecule has 112 valence electrons. The fourth-order valence-electron chi connectivity index (χ4n) is 1.44. The first kappa shape index (κ1) is 15.4. The van der Waals surface area contributed by atoms with E-state index in [0.717, 1.165) is 6.07 Å². The van der Waals surface area contributed by atoms with Crippen LogP contribution in [0.15, 0.2) is 45.5 Å². The third-order valence-corrected chi connectivity index (χ3v) is 2.91. The van der Waals surface area contributed by atoms with E-state index in [1.807, 2.05) is 0 Å². The fourth-order valence-corrected chi connectivity index (χ4v) is 1.87. The number of hydrogen-bond donors (Lipinski definition) is 0. The zero-order valence-electron chi connectivity index (χ0n) is 10.3. The van der Waals surface area contributed by atoms with Gasteiger partial charge in [-0.2, -0.15) is 0 Å². The molecule has 2 rings (SSSR count). The summed E-state index contributed by atoms with van der Waals surface area (Å²) in [6.45, 7) is -0.292. The van der Waals surface area contributed by atoms with Gasteiger partial charge in [-0.05, 0) is 46.3 Å². The quantitative estimate of drug-likeness (QED) is 0.746. The van der Waals surface area contributed by atoms with Crippen LogP contribution in [0, 0.1) is 0 Å². The maximum atomic E-state index is 12.1. The molecule has 0 unspecified atom stereocenters. The van der Waals surface area contributed by atoms with Crippen LogP contribution in [0.3, 0.4) is 0 Å². The Kier molecular flexibility index (Phi) is 4.56. The van der Waals surface area contributed by atoms with Crippen molar-refractivity contribution in [2.75, 3.05) is 6.61 Å². The van der Waals surface area contributed by atoms with Gasteiger partial charge in [-0.15, -0.1) is 13.2 Å². The molecule has 0 radical (unpaired) electrons. The molecule has 0 aliphatic rings. The zero-order chi connectivity index (χ0) is 15.5. The average Bonchev–Trinajstić information content (AvgIpc) is 2.91. The second-order valence-electron chi connectivity index (χ2n) is 3.83.